The number of aromatic nitrogens is 3. The summed E-state index contributed by atoms with van der Waals surface area (Å²) in [6, 6.07) is -0.398. The highest BCUT2D eigenvalue weighted by molar-refractivity contribution is 7.89. The van der Waals surface area contributed by atoms with Gasteiger partial charge in [-0.15, -0.1) is 11.3 Å². The fourth-order valence-corrected chi connectivity index (χ4v) is 4.06. The van der Waals surface area contributed by atoms with Gasteiger partial charge in [-0.2, -0.15) is 5.10 Å². The van der Waals surface area contributed by atoms with Crippen molar-refractivity contribution in [1.82, 2.24) is 19.9 Å². The fraction of sp³-hybridized carbons (Fsp3) is 0.400. The maximum atomic E-state index is 12.3. The number of hydrogen-bond acceptors (Lipinski definition) is 6. The molecule has 0 aromatic carbocycles. The van der Waals surface area contributed by atoms with Gasteiger partial charge in [0.15, 0.2) is 0 Å². The molecule has 0 amide bonds. The second-order valence-electron chi connectivity index (χ2n) is 4.04. The molecule has 0 radical (unpaired) electrons. The minimum Gasteiger partial charge on any atom is -0.325 e. The van der Waals surface area contributed by atoms with Crippen LogP contribution in [0.3, 0.4) is 0 Å². The molecule has 0 bridgehead atoms. The second-order valence-corrected chi connectivity index (χ2v) is 6.62. The van der Waals surface area contributed by atoms with E-state index in [2.05, 4.69) is 19.9 Å². The smallest absolute Gasteiger partial charge is 0.244 e. The summed E-state index contributed by atoms with van der Waals surface area (Å²) in [6.45, 7) is 3.45. The van der Waals surface area contributed by atoms with Crippen molar-refractivity contribution in [1.29, 1.82) is 0 Å². The number of H-pyrrole nitrogens is 1. The van der Waals surface area contributed by atoms with Crippen molar-refractivity contribution >= 4 is 21.4 Å². The molecule has 0 aliphatic heterocycles. The first-order valence-corrected chi connectivity index (χ1v) is 7.97. The third-order valence-electron chi connectivity index (χ3n) is 2.58. The number of rotatable bonds is 5. The summed E-state index contributed by atoms with van der Waals surface area (Å²) in [5.74, 6) is 0. The summed E-state index contributed by atoms with van der Waals surface area (Å²) in [4.78, 5) is 4.21. The molecule has 0 fully saturated rings. The number of nitrogens with one attached hydrogen (secondary N) is 2. The highest BCUT2D eigenvalue weighted by atomic mass is 32.2. The predicted octanol–water partition coefficient (Wildman–Crippen LogP) is 0.673. The van der Waals surface area contributed by atoms with Gasteiger partial charge in [0.25, 0.3) is 0 Å². The summed E-state index contributed by atoms with van der Waals surface area (Å²) in [6.07, 6.45) is 1.64. The molecule has 0 spiro atoms. The Balaban J connectivity index is 2.30. The first-order chi connectivity index (χ1) is 8.95. The molecule has 2 aromatic heterocycles. The molecule has 4 N–H and O–H groups in total. The lowest BCUT2D eigenvalue weighted by Crippen LogP contribution is -2.28. The Morgan fingerprint density at radius 3 is 2.89 bits per heavy atom. The maximum Gasteiger partial charge on any atom is 0.244 e. The number of hydrogen-bond donors (Lipinski definition) is 3. The van der Waals surface area contributed by atoms with Crippen LogP contribution in [0.25, 0.3) is 0 Å². The number of sulfonamides is 1. The Morgan fingerprint density at radius 1 is 1.58 bits per heavy atom. The molecular weight excluding hydrogens is 286 g/mol. The van der Waals surface area contributed by atoms with Crippen LogP contribution in [0.4, 0.5) is 0 Å². The lowest BCUT2D eigenvalue weighted by molar-refractivity contribution is 0.564. The van der Waals surface area contributed by atoms with E-state index in [1.165, 1.54) is 11.3 Å². The van der Waals surface area contributed by atoms with E-state index in [1.54, 1.807) is 25.4 Å². The Bertz CT molecular complexity index is 648. The van der Waals surface area contributed by atoms with Gasteiger partial charge in [0.1, 0.15) is 9.90 Å². The van der Waals surface area contributed by atoms with Crippen LogP contribution in [0.2, 0.25) is 0 Å². The van der Waals surface area contributed by atoms with E-state index >= 15 is 0 Å². The topological polar surface area (TPSA) is 114 Å². The quantitative estimate of drug-likeness (QED) is 0.751. The Morgan fingerprint density at radius 2 is 2.32 bits per heavy atom. The van der Waals surface area contributed by atoms with E-state index < -0.39 is 16.1 Å². The molecule has 0 saturated heterocycles. The van der Waals surface area contributed by atoms with Gasteiger partial charge in [-0.05, 0) is 13.8 Å². The zero-order chi connectivity index (χ0) is 14.0. The molecule has 0 saturated carbocycles. The number of thiazole rings is 1. The standard InChI is InChI=1S/C10H15N5O2S2/c1-6-9(8(5-11)14-13-6)19(16,17)15-7(2)10-12-3-4-18-10/h3-4,7,15H,5,11H2,1-2H3,(H,13,14). The number of aromatic amines is 1. The van der Waals surface area contributed by atoms with Crippen LogP contribution in [-0.4, -0.2) is 23.6 Å². The molecule has 19 heavy (non-hydrogen) atoms. The zero-order valence-electron chi connectivity index (χ0n) is 10.5. The summed E-state index contributed by atoms with van der Waals surface area (Å²) in [5, 5.41) is 9.04. The van der Waals surface area contributed by atoms with Crippen molar-refractivity contribution in [3.8, 4) is 0 Å². The van der Waals surface area contributed by atoms with E-state index in [-0.39, 0.29) is 11.4 Å². The molecule has 0 aliphatic rings. The fourth-order valence-electron chi connectivity index (χ4n) is 1.75. The molecule has 1 atom stereocenters. The molecule has 0 aliphatic carbocycles. The van der Waals surface area contributed by atoms with Crippen LogP contribution in [0.1, 0.15) is 29.4 Å². The average molecular weight is 301 g/mol. The van der Waals surface area contributed by atoms with E-state index in [1.807, 2.05) is 0 Å². The zero-order valence-corrected chi connectivity index (χ0v) is 12.2. The molecule has 2 aromatic rings. The summed E-state index contributed by atoms with van der Waals surface area (Å²) in [5.41, 5.74) is 6.30. The van der Waals surface area contributed by atoms with Crippen molar-refractivity contribution in [3.05, 3.63) is 28.0 Å². The molecule has 2 heterocycles. The highest BCUT2D eigenvalue weighted by Crippen LogP contribution is 2.21. The second kappa shape index (κ2) is 5.37. The lowest BCUT2D eigenvalue weighted by atomic mass is 10.4. The van der Waals surface area contributed by atoms with Crippen molar-refractivity contribution in [2.75, 3.05) is 0 Å². The Hall–Kier alpha value is -1.29. The van der Waals surface area contributed by atoms with E-state index in [0.717, 1.165) is 0 Å². The summed E-state index contributed by atoms with van der Waals surface area (Å²) >= 11 is 1.40. The predicted molar refractivity (Wildman–Crippen MR) is 72.1 cm³/mol. The van der Waals surface area contributed by atoms with Crippen molar-refractivity contribution in [3.63, 3.8) is 0 Å². The SMILES string of the molecule is Cc1[nH]nc(CN)c1S(=O)(=O)NC(C)c1nccs1. The van der Waals surface area contributed by atoms with Gasteiger partial charge in [-0.25, -0.2) is 18.1 Å². The van der Waals surface area contributed by atoms with E-state index in [9.17, 15) is 8.42 Å². The van der Waals surface area contributed by atoms with Crippen molar-refractivity contribution in [2.45, 2.75) is 31.3 Å². The minimum atomic E-state index is -3.67. The molecule has 1 unspecified atom stereocenters. The number of aryl methyl sites for hydroxylation is 1. The van der Waals surface area contributed by atoms with Gasteiger partial charge in [0, 0.05) is 18.1 Å². The minimum absolute atomic E-state index is 0.0617. The van der Waals surface area contributed by atoms with Crippen LogP contribution >= 0.6 is 11.3 Å². The summed E-state index contributed by atoms with van der Waals surface area (Å²) in [7, 11) is -3.67. The van der Waals surface area contributed by atoms with Crippen molar-refractivity contribution < 1.29 is 8.42 Å². The van der Waals surface area contributed by atoms with Crippen LogP contribution in [0.15, 0.2) is 16.5 Å². The molecular formula is C10H15N5O2S2. The molecule has 7 nitrogen and oxygen atoms in total. The van der Waals surface area contributed by atoms with Crippen molar-refractivity contribution in [2.24, 2.45) is 5.73 Å². The Labute approximate surface area is 115 Å². The van der Waals surface area contributed by atoms with Gasteiger partial charge >= 0.3 is 0 Å². The largest absolute Gasteiger partial charge is 0.325 e. The van der Waals surface area contributed by atoms with Gasteiger partial charge in [-0.1, -0.05) is 0 Å². The number of nitrogens with two attached hydrogens (primary N) is 1. The maximum absolute atomic E-state index is 12.3. The van der Waals surface area contributed by atoms with Crippen LogP contribution in [-0.2, 0) is 16.6 Å². The lowest BCUT2D eigenvalue weighted by Gasteiger charge is -2.12. The number of nitrogens with zero attached hydrogens (tertiary/aromatic N) is 2. The average Bonchev–Trinajstić information content (AvgIpc) is 2.96. The summed E-state index contributed by atoms with van der Waals surface area (Å²) < 4.78 is 27.3. The highest BCUT2D eigenvalue weighted by Gasteiger charge is 2.26. The van der Waals surface area contributed by atoms with Gasteiger partial charge in [0.2, 0.25) is 10.0 Å². The molecule has 9 heteroatoms. The first kappa shape index (κ1) is 14.1. The Kier molecular flexibility index (Phi) is 3.99. The normalized spacial score (nSPS) is 13.6. The van der Waals surface area contributed by atoms with Crippen LogP contribution < -0.4 is 10.5 Å². The van der Waals surface area contributed by atoms with Gasteiger partial charge in [0.05, 0.1) is 17.4 Å². The van der Waals surface area contributed by atoms with Crippen LogP contribution in [0.5, 0.6) is 0 Å². The van der Waals surface area contributed by atoms with E-state index in [0.29, 0.717) is 16.4 Å². The van der Waals surface area contributed by atoms with Gasteiger partial charge in [-0.3, -0.25) is 5.10 Å². The monoisotopic (exact) mass is 301 g/mol. The van der Waals surface area contributed by atoms with Gasteiger partial charge < -0.3 is 5.73 Å². The van der Waals surface area contributed by atoms with Crippen LogP contribution in [0, 0.1) is 6.92 Å². The van der Waals surface area contributed by atoms with E-state index in [4.69, 9.17) is 5.73 Å². The molecule has 104 valence electrons. The first-order valence-electron chi connectivity index (χ1n) is 5.61. The third-order valence-corrected chi connectivity index (χ3v) is 5.28. The molecule has 2 rings (SSSR count). The third kappa shape index (κ3) is 2.84.